The lowest BCUT2D eigenvalue weighted by atomic mass is 10.2. The summed E-state index contributed by atoms with van der Waals surface area (Å²) in [6.07, 6.45) is 17.0. The van der Waals surface area contributed by atoms with Gasteiger partial charge in [0.2, 0.25) is 0 Å². The maximum atomic E-state index is 4.23. The van der Waals surface area contributed by atoms with Gasteiger partial charge in [0.25, 0.3) is 0 Å². The molecule has 12 rings (SSSR count). The molecule has 420 valence electrons. The second-order valence-corrected chi connectivity index (χ2v) is 16.8. The van der Waals surface area contributed by atoms with Crippen molar-refractivity contribution in [2.45, 2.75) is 166 Å². The molecule has 0 aliphatic carbocycles. The molecule has 11 nitrogen and oxygen atoms in total. The highest BCUT2D eigenvalue weighted by Crippen LogP contribution is 2.16. The lowest BCUT2D eigenvalue weighted by Crippen LogP contribution is -1.94. The Balaban J connectivity index is 0.000000450. The van der Waals surface area contributed by atoms with Crippen molar-refractivity contribution in [2.75, 3.05) is 0 Å². The van der Waals surface area contributed by atoms with Gasteiger partial charge in [0.1, 0.15) is 11.5 Å². The smallest absolute Gasteiger partial charge is 0.137 e. The molecular weight excluding hydrogens is 959 g/mol. The Morgan fingerprint density at radius 3 is 1.37 bits per heavy atom. The molecule has 0 fully saturated rings. The molecule has 0 amide bonds. The number of aromatic nitrogens is 11. The number of rotatable bonds is 0. The van der Waals surface area contributed by atoms with Crippen LogP contribution in [0.25, 0.3) is 33.2 Å². The van der Waals surface area contributed by atoms with Gasteiger partial charge in [-0.3, -0.25) is 4.98 Å². The molecule has 0 radical (unpaired) electrons. The van der Waals surface area contributed by atoms with Gasteiger partial charge in [-0.2, -0.15) is 5.10 Å². The average molecular weight is 1060 g/mol. The first-order valence-electron chi connectivity index (χ1n) is 28.2. The van der Waals surface area contributed by atoms with E-state index in [1.807, 2.05) is 179 Å². The van der Waals surface area contributed by atoms with Gasteiger partial charge < -0.3 is 22.0 Å². The van der Waals surface area contributed by atoms with Crippen molar-refractivity contribution in [3.05, 3.63) is 221 Å². The van der Waals surface area contributed by atoms with E-state index < -0.39 is 0 Å². The Kier molecular flexibility index (Phi) is 31.7. The summed E-state index contributed by atoms with van der Waals surface area (Å²) in [5.41, 5.74) is 21.1. The van der Waals surface area contributed by atoms with Crippen LogP contribution in [0.15, 0.2) is 153 Å². The Labute approximate surface area is 469 Å². The summed E-state index contributed by atoms with van der Waals surface area (Å²) in [7, 11) is 0. The lowest BCUT2D eigenvalue weighted by Gasteiger charge is -2.01. The van der Waals surface area contributed by atoms with Gasteiger partial charge in [-0.1, -0.05) is 89.2 Å². The minimum Gasteiger partial charge on any atom is -0.319 e. The van der Waals surface area contributed by atoms with Gasteiger partial charge in [0.15, 0.2) is 0 Å². The highest BCUT2D eigenvalue weighted by molar-refractivity contribution is 5.60. The minimum atomic E-state index is 1.03. The summed E-state index contributed by atoms with van der Waals surface area (Å²) >= 11 is 0. The van der Waals surface area contributed by atoms with Crippen LogP contribution in [0.1, 0.15) is 151 Å². The maximum absolute atomic E-state index is 4.23. The molecule has 12 aromatic rings. The molecule has 78 heavy (non-hydrogen) atoms. The molecule has 0 aliphatic heterocycles. The zero-order valence-electron chi connectivity index (χ0n) is 52.4. The molecule has 0 aromatic carbocycles. The van der Waals surface area contributed by atoms with Crippen molar-refractivity contribution in [1.82, 2.24) is 51.6 Å². The van der Waals surface area contributed by atoms with E-state index in [9.17, 15) is 0 Å². The largest absolute Gasteiger partial charge is 0.319 e. The van der Waals surface area contributed by atoms with E-state index in [4.69, 9.17) is 0 Å². The molecule has 0 bridgehead atoms. The molecule has 0 saturated heterocycles. The second kappa shape index (κ2) is 36.3. The van der Waals surface area contributed by atoms with Crippen LogP contribution < -0.4 is 0 Å². The molecule has 12 aromatic heterocycles. The van der Waals surface area contributed by atoms with Crippen molar-refractivity contribution >= 4 is 33.2 Å². The third kappa shape index (κ3) is 18.2. The van der Waals surface area contributed by atoms with Crippen molar-refractivity contribution in [2.24, 2.45) is 0 Å². The van der Waals surface area contributed by atoms with Crippen LogP contribution in [0.5, 0.6) is 0 Å². The lowest BCUT2D eigenvalue weighted by molar-refractivity contribution is 0.932. The van der Waals surface area contributed by atoms with Gasteiger partial charge in [0.05, 0.1) is 29.1 Å². The van der Waals surface area contributed by atoms with Gasteiger partial charge in [0, 0.05) is 94.3 Å². The Morgan fingerprint density at radius 1 is 0.321 bits per heavy atom. The Bertz CT molecular complexity index is 2930. The standard InChI is InChI=1S/C10H11N.5C9H10N2.6C2H6/c1-8-4-3-5-10-7-6-9(2)11(8)10;1-7-3-5-10-11-6-4-8(2)9(7)11;1-7-3-4-11-6-10-5-8(2)9(7)11;1-7-3-4-9-6-10-5-8(2)11(7)9;1-7-3-4-9-5-6-10-8(2)11(7)9;1-7-3-4-9-10-6-5-8(2)11(7)9;6*1-2/h3-7H,1-2H3;5*3-6H,1-2H3;6*1-2H3. The fraction of sp³-hybridized carbons (Fsp3) is 0.358. The zero-order chi connectivity index (χ0) is 59.1. The second-order valence-electron chi connectivity index (χ2n) is 16.8. The summed E-state index contributed by atoms with van der Waals surface area (Å²) in [6.45, 7) is 49.1. The van der Waals surface area contributed by atoms with Crippen molar-refractivity contribution < 1.29 is 0 Å². The van der Waals surface area contributed by atoms with Crippen molar-refractivity contribution in [3.8, 4) is 0 Å². The molecule has 0 N–H and O–H groups in total. The Morgan fingerprint density at radius 2 is 0.808 bits per heavy atom. The van der Waals surface area contributed by atoms with E-state index >= 15 is 0 Å². The first kappa shape index (κ1) is 68.2. The van der Waals surface area contributed by atoms with E-state index in [-0.39, 0.29) is 0 Å². The highest BCUT2D eigenvalue weighted by Gasteiger charge is 2.03. The van der Waals surface area contributed by atoms with Crippen LogP contribution in [0.2, 0.25) is 0 Å². The fourth-order valence-electron chi connectivity index (χ4n) is 8.58. The van der Waals surface area contributed by atoms with Crippen LogP contribution in [0.3, 0.4) is 0 Å². The number of aryl methyl sites for hydroxylation is 12. The minimum absolute atomic E-state index is 1.03. The summed E-state index contributed by atoms with van der Waals surface area (Å²) in [4.78, 5) is 16.6. The van der Waals surface area contributed by atoms with E-state index in [1.165, 1.54) is 89.7 Å². The van der Waals surface area contributed by atoms with Crippen LogP contribution in [-0.2, 0) is 0 Å². The number of hydrogen-bond donors (Lipinski definition) is 0. The first-order chi connectivity index (χ1) is 37.7. The number of hydrogen-bond acceptors (Lipinski definition) is 5. The van der Waals surface area contributed by atoms with E-state index in [0.717, 1.165) is 11.5 Å². The predicted octanol–water partition coefficient (Wildman–Crippen LogP) is 18.5. The monoisotopic (exact) mass is 1060 g/mol. The molecule has 12 heterocycles. The SMILES string of the molecule is CC.CC.CC.CC.CC.CC.Cc1ccc2ccnc(C)n12.Cc1ccc2cncc(C)n12.Cc1cccc2ccc(C)n12.Cc1ccn2cncc(C)c12.Cc1ccnc2ccc(C)n12.Cc1ccnn2ccc(C)c12. The molecule has 0 unspecified atom stereocenters. The highest BCUT2D eigenvalue weighted by atomic mass is 15.2. The molecular formula is C67H97N11. The molecule has 11 heteroatoms. The number of fused-ring (bicyclic) bond motifs is 6. The molecule has 0 spiro atoms. The van der Waals surface area contributed by atoms with E-state index in [0.29, 0.717) is 0 Å². The summed E-state index contributed by atoms with van der Waals surface area (Å²) in [5, 5.41) is 4.18. The predicted molar refractivity (Wildman–Crippen MR) is 338 cm³/mol. The molecule has 0 aliphatic rings. The third-order valence-corrected chi connectivity index (χ3v) is 11.8. The summed E-state index contributed by atoms with van der Waals surface area (Å²) in [5.74, 6) is 1.05. The quantitative estimate of drug-likeness (QED) is 0.151. The number of nitrogens with zero attached hydrogens (tertiary/aromatic N) is 11. The fourth-order valence-corrected chi connectivity index (χ4v) is 8.58. The zero-order valence-corrected chi connectivity index (χ0v) is 52.4. The Hall–Kier alpha value is -7.79. The molecule has 0 atom stereocenters. The molecule has 0 saturated carbocycles. The normalized spacial score (nSPS) is 9.54. The van der Waals surface area contributed by atoms with Crippen LogP contribution in [-0.4, -0.2) is 51.6 Å². The van der Waals surface area contributed by atoms with Crippen molar-refractivity contribution in [1.29, 1.82) is 0 Å². The van der Waals surface area contributed by atoms with E-state index in [2.05, 4.69) is 192 Å². The van der Waals surface area contributed by atoms with Gasteiger partial charge >= 0.3 is 0 Å². The summed E-state index contributed by atoms with van der Waals surface area (Å²) in [6, 6.07) is 33.3. The van der Waals surface area contributed by atoms with Gasteiger partial charge in [-0.25, -0.2) is 19.5 Å². The van der Waals surface area contributed by atoms with Crippen LogP contribution >= 0.6 is 0 Å². The van der Waals surface area contributed by atoms with Crippen LogP contribution in [0.4, 0.5) is 0 Å². The first-order valence-corrected chi connectivity index (χ1v) is 28.2. The third-order valence-electron chi connectivity index (χ3n) is 11.8. The topological polar surface area (TPSA) is 90.9 Å². The average Bonchev–Trinajstić information content (AvgIpc) is 4.36. The van der Waals surface area contributed by atoms with Crippen molar-refractivity contribution in [3.63, 3.8) is 0 Å². The number of pyridine rings is 1. The van der Waals surface area contributed by atoms with Gasteiger partial charge in [-0.15, -0.1) is 0 Å². The van der Waals surface area contributed by atoms with Crippen LogP contribution in [0, 0.1) is 83.1 Å². The van der Waals surface area contributed by atoms with E-state index in [1.54, 1.807) is 0 Å². The maximum Gasteiger partial charge on any atom is 0.137 e. The van der Waals surface area contributed by atoms with Gasteiger partial charge in [-0.05, 0) is 196 Å². The summed E-state index contributed by atoms with van der Waals surface area (Å²) < 4.78 is 12.7.